The molecule has 5 rings (SSSR count). The van der Waals surface area contributed by atoms with Crippen molar-refractivity contribution in [3.05, 3.63) is 81.1 Å². The van der Waals surface area contributed by atoms with Gasteiger partial charge < -0.3 is 4.90 Å². The van der Waals surface area contributed by atoms with Crippen molar-refractivity contribution in [3.8, 4) is 0 Å². The average molecular weight is 491 g/mol. The highest BCUT2D eigenvalue weighted by atomic mass is 32.2. The van der Waals surface area contributed by atoms with E-state index >= 15 is 0 Å². The van der Waals surface area contributed by atoms with E-state index in [1.54, 1.807) is 17.2 Å². The van der Waals surface area contributed by atoms with Crippen molar-refractivity contribution in [2.24, 2.45) is 5.92 Å². The molecule has 2 saturated heterocycles. The number of thioether (sulfide) groups is 1. The zero-order valence-electron chi connectivity index (χ0n) is 19.0. The van der Waals surface area contributed by atoms with Gasteiger partial charge in [-0.2, -0.15) is 0 Å². The highest BCUT2D eigenvalue weighted by molar-refractivity contribution is 8.26. The lowest BCUT2D eigenvalue weighted by atomic mass is 9.90. The monoisotopic (exact) mass is 490 g/mol. The number of carbonyl (C=O) groups is 1. The summed E-state index contributed by atoms with van der Waals surface area (Å²) < 4.78 is 2.06. The van der Waals surface area contributed by atoms with Crippen LogP contribution in [0.1, 0.15) is 30.9 Å². The zero-order valence-corrected chi connectivity index (χ0v) is 20.6. The summed E-state index contributed by atoms with van der Waals surface area (Å²) >= 11 is 6.61. The number of fused-ring (bicyclic) bond motifs is 1. The van der Waals surface area contributed by atoms with E-state index in [0.29, 0.717) is 38.7 Å². The van der Waals surface area contributed by atoms with E-state index in [9.17, 15) is 9.59 Å². The fourth-order valence-electron chi connectivity index (χ4n) is 4.66. The molecule has 0 saturated carbocycles. The van der Waals surface area contributed by atoms with E-state index in [4.69, 9.17) is 17.2 Å². The third-order valence-corrected chi connectivity index (χ3v) is 7.87. The maximum atomic E-state index is 13.5. The van der Waals surface area contributed by atoms with Crippen LogP contribution in [0.3, 0.4) is 0 Å². The van der Waals surface area contributed by atoms with Crippen LogP contribution in [0.4, 0.5) is 5.82 Å². The van der Waals surface area contributed by atoms with Gasteiger partial charge in [-0.3, -0.25) is 18.9 Å². The van der Waals surface area contributed by atoms with Crippen molar-refractivity contribution in [1.29, 1.82) is 0 Å². The van der Waals surface area contributed by atoms with Crippen LogP contribution in [0, 0.1) is 5.92 Å². The lowest BCUT2D eigenvalue weighted by molar-refractivity contribution is -0.121. The number of amides is 1. The molecule has 0 aliphatic carbocycles. The quantitative estimate of drug-likeness (QED) is 0.391. The lowest BCUT2D eigenvalue weighted by Crippen LogP contribution is -2.37. The normalized spacial score (nSPS) is 18.4. The van der Waals surface area contributed by atoms with Crippen LogP contribution in [0.5, 0.6) is 0 Å². The fourth-order valence-corrected chi connectivity index (χ4v) is 6.02. The van der Waals surface area contributed by atoms with Gasteiger partial charge in [0.15, 0.2) is 0 Å². The van der Waals surface area contributed by atoms with Crippen LogP contribution in [-0.2, 0) is 11.2 Å². The van der Waals surface area contributed by atoms with E-state index in [2.05, 4.69) is 29.2 Å². The molecule has 2 fully saturated rings. The first-order valence-electron chi connectivity index (χ1n) is 11.6. The van der Waals surface area contributed by atoms with E-state index < -0.39 is 0 Å². The second-order valence-electron chi connectivity index (χ2n) is 8.63. The molecule has 1 aromatic carbocycles. The number of benzene rings is 1. The molecule has 34 heavy (non-hydrogen) atoms. The third-order valence-electron chi connectivity index (χ3n) is 6.50. The number of aromatic nitrogens is 2. The van der Waals surface area contributed by atoms with Gasteiger partial charge in [0.05, 0.1) is 10.5 Å². The van der Waals surface area contributed by atoms with E-state index in [0.717, 1.165) is 32.4 Å². The predicted octanol–water partition coefficient (Wildman–Crippen LogP) is 4.37. The van der Waals surface area contributed by atoms with Crippen molar-refractivity contribution < 1.29 is 4.79 Å². The van der Waals surface area contributed by atoms with Gasteiger partial charge in [-0.1, -0.05) is 60.4 Å². The highest BCUT2D eigenvalue weighted by Gasteiger charge is 2.32. The summed E-state index contributed by atoms with van der Waals surface area (Å²) in [5, 5.41) is 0. The van der Waals surface area contributed by atoms with Crippen LogP contribution in [0.15, 0.2) is 64.4 Å². The van der Waals surface area contributed by atoms with Crippen molar-refractivity contribution in [1.82, 2.24) is 14.3 Å². The Hall–Kier alpha value is -2.97. The van der Waals surface area contributed by atoms with Crippen molar-refractivity contribution in [2.75, 3.05) is 24.5 Å². The largest absolute Gasteiger partial charge is 0.356 e. The standard InChI is InChI=1S/C26H26N4O2S2/c1-2-29-25(32)21(34-26(29)33)17-20-23(27-22-10-6-7-13-30(22)24(20)31)28-14-11-19(12-15-28)16-18-8-4-3-5-9-18/h3-10,13,17,19H,2,11-12,14-16H2,1H3/b21-17+. The second kappa shape index (κ2) is 9.72. The van der Waals surface area contributed by atoms with Gasteiger partial charge in [0.25, 0.3) is 11.5 Å². The molecule has 2 aromatic heterocycles. The molecule has 1 amide bonds. The second-order valence-corrected chi connectivity index (χ2v) is 10.3. The van der Waals surface area contributed by atoms with Crippen molar-refractivity contribution in [3.63, 3.8) is 0 Å². The molecule has 4 heterocycles. The molecule has 8 heteroatoms. The Bertz CT molecular complexity index is 1330. The SMILES string of the molecule is CCN1C(=O)/C(=C\c2c(N3CCC(Cc4ccccc4)CC3)nc3ccccn3c2=O)SC1=S. The molecule has 174 valence electrons. The van der Waals surface area contributed by atoms with Gasteiger partial charge >= 0.3 is 0 Å². The number of nitrogens with zero attached hydrogens (tertiary/aromatic N) is 4. The van der Waals surface area contributed by atoms with Gasteiger partial charge in [0, 0.05) is 25.8 Å². The highest BCUT2D eigenvalue weighted by Crippen LogP contribution is 2.34. The molecule has 0 radical (unpaired) electrons. The Morgan fingerprint density at radius 2 is 1.82 bits per heavy atom. The Labute approximate surface area is 208 Å². The molecular weight excluding hydrogens is 464 g/mol. The lowest BCUT2D eigenvalue weighted by Gasteiger charge is -2.33. The van der Waals surface area contributed by atoms with Crippen LogP contribution in [-0.4, -0.2) is 44.1 Å². The van der Waals surface area contributed by atoms with E-state index in [-0.39, 0.29) is 11.5 Å². The number of thiocarbonyl (C=S) groups is 1. The van der Waals surface area contributed by atoms with Crippen LogP contribution in [0.2, 0.25) is 0 Å². The Kier molecular flexibility index (Phi) is 6.52. The summed E-state index contributed by atoms with van der Waals surface area (Å²) in [5.41, 5.74) is 2.24. The number of piperidine rings is 1. The first-order valence-corrected chi connectivity index (χ1v) is 12.8. The topological polar surface area (TPSA) is 57.9 Å². The summed E-state index contributed by atoms with van der Waals surface area (Å²) in [5.74, 6) is 1.10. The number of likely N-dealkylation sites (N-methyl/N-ethyl adjacent to an activating group) is 1. The number of hydrogen-bond acceptors (Lipinski definition) is 6. The summed E-state index contributed by atoms with van der Waals surface area (Å²) in [7, 11) is 0. The van der Waals surface area contributed by atoms with Crippen LogP contribution >= 0.6 is 24.0 Å². The number of anilines is 1. The van der Waals surface area contributed by atoms with Gasteiger partial charge in [-0.15, -0.1) is 0 Å². The molecule has 0 spiro atoms. The van der Waals surface area contributed by atoms with Crippen LogP contribution in [0.25, 0.3) is 11.7 Å². The summed E-state index contributed by atoms with van der Waals surface area (Å²) in [4.78, 5) is 35.5. The smallest absolute Gasteiger partial charge is 0.267 e. The minimum Gasteiger partial charge on any atom is -0.356 e. The van der Waals surface area contributed by atoms with Gasteiger partial charge in [0.2, 0.25) is 0 Å². The molecule has 0 bridgehead atoms. The Morgan fingerprint density at radius 3 is 2.53 bits per heavy atom. The predicted molar refractivity (Wildman–Crippen MR) is 142 cm³/mol. The van der Waals surface area contributed by atoms with Crippen LogP contribution < -0.4 is 10.5 Å². The maximum Gasteiger partial charge on any atom is 0.267 e. The fraction of sp³-hybridized carbons (Fsp3) is 0.308. The molecule has 6 nitrogen and oxygen atoms in total. The molecule has 2 aliphatic heterocycles. The molecule has 0 unspecified atom stereocenters. The average Bonchev–Trinajstić information content (AvgIpc) is 3.13. The number of carbonyl (C=O) groups excluding carboxylic acids is 1. The Morgan fingerprint density at radius 1 is 1.09 bits per heavy atom. The number of rotatable bonds is 5. The first kappa shape index (κ1) is 22.8. The van der Waals surface area contributed by atoms with E-state index in [1.165, 1.54) is 21.7 Å². The number of hydrogen-bond donors (Lipinski definition) is 0. The van der Waals surface area contributed by atoms with Gasteiger partial charge in [-0.05, 0) is 55.9 Å². The molecule has 2 aliphatic rings. The summed E-state index contributed by atoms with van der Waals surface area (Å²) in [6, 6.07) is 16.1. The molecule has 3 aromatic rings. The first-order chi connectivity index (χ1) is 16.5. The summed E-state index contributed by atoms with van der Waals surface area (Å²) in [6.45, 7) is 4.05. The third kappa shape index (κ3) is 4.40. The molecule has 0 N–H and O–H groups in total. The Balaban J connectivity index is 1.48. The van der Waals surface area contributed by atoms with Crippen molar-refractivity contribution in [2.45, 2.75) is 26.2 Å². The summed E-state index contributed by atoms with van der Waals surface area (Å²) in [6.07, 6.45) is 6.53. The van der Waals surface area contributed by atoms with Crippen molar-refractivity contribution >= 4 is 51.7 Å². The molecule has 0 atom stereocenters. The van der Waals surface area contributed by atoms with E-state index in [1.807, 2.05) is 31.2 Å². The van der Waals surface area contributed by atoms with Gasteiger partial charge in [-0.25, -0.2) is 4.98 Å². The maximum absolute atomic E-state index is 13.5. The number of pyridine rings is 1. The minimum atomic E-state index is -0.172. The minimum absolute atomic E-state index is 0.150. The zero-order chi connectivity index (χ0) is 23.7. The van der Waals surface area contributed by atoms with Gasteiger partial charge in [0.1, 0.15) is 15.8 Å². The molecular formula is C26H26N4O2S2.